The van der Waals surface area contributed by atoms with Gasteiger partial charge in [-0.2, -0.15) is 8.78 Å². The fourth-order valence-electron chi connectivity index (χ4n) is 0.553. The number of hydrogen-bond acceptors (Lipinski definition) is 2. The lowest BCUT2D eigenvalue weighted by Crippen LogP contribution is -2.31. The van der Waals surface area contributed by atoms with Crippen LogP contribution in [0.15, 0.2) is 0 Å². The number of rotatable bonds is 4. The first-order chi connectivity index (χ1) is 4.45. The number of halogens is 2. The molecule has 4 heteroatoms. The van der Waals surface area contributed by atoms with Gasteiger partial charge in [-0.05, 0) is 20.4 Å². The molecular weight excluding hydrogens is 138 g/mol. The van der Waals surface area contributed by atoms with Gasteiger partial charge in [0.2, 0.25) is 0 Å². The van der Waals surface area contributed by atoms with Crippen LogP contribution >= 0.6 is 0 Å². The van der Waals surface area contributed by atoms with Crippen molar-refractivity contribution in [2.75, 3.05) is 7.05 Å². The normalized spacial score (nSPS) is 15.3. The molecule has 0 aromatic heterocycles. The molecule has 0 aromatic rings. The van der Waals surface area contributed by atoms with E-state index in [1.54, 1.807) is 7.05 Å². The van der Waals surface area contributed by atoms with E-state index >= 15 is 0 Å². The van der Waals surface area contributed by atoms with Gasteiger partial charge in [0.1, 0.15) is 0 Å². The maximum absolute atomic E-state index is 12.0. The van der Waals surface area contributed by atoms with Crippen molar-refractivity contribution >= 4 is 0 Å². The Morgan fingerprint density at radius 3 is 2.40 bits per heavy atom. The number of alkyl halides is 2. The summed E-state index contributed by atoms with van der Waals surface area (Å²) in [7, 11) is 1.74. The molecule has 62 valence electrons. The Labute approximate surface area is 59.8 Å². The molecular formula is C6H14F2N2. The molecule has 0 heterocycles. The molecule has 0 bridgehead atoms. The molecule has 2 nitrogen and oxygen atoms in total. The van der Waals surface area contributed by atoms with E-state index in [0.29, 0.717) is 6.42 Å². The molecule has 0 saturated heterocycles. The van der Waals surface area contributed by atoms with Gasteiger partial charge < -0.3 is 5.32 Å². The molecule has 0 fully saturated rings. The summed E-state index contributed by atoms with van der Waals surface area (Å²) in [6, 6.07) is -2.90. The maximum atomic E-state index is 12.0. The molecule has 0 aliphatic carbocycles. The SMILES string of the molecule is CN[C@H](C)CCC(N)(F)F. The fourth-order valence-corrected chi connectivity index (χ4v) is 0.553. The van der Waals surface area contributed by atoms with Crippen LogP contribution in [0.4, 0.5) is 8.78 Å². The van der Waals surface area contributed by atoms with E-state index in [-0.39, 0.29) is 12.5 Å². The maximum Gasteiger partial charge on any atom is 0.300 e. The predicted octanol–water partition coefficient (Wildman–Crippen LogP) is 0.926. The highest BCUT2D eigenvalue weighted by atomic mass is 19.3. The zero-order valence-electron chi connectivity index (χ0n) is 6.32. The van der Waals surface area contributed by atoms with Crippen LogP contribution in [0.25, 0.3) is 0 Å². The van der Waals surface area contributed by atoms with Crippen molar-refractivity contribution in [3.8, 4) is 0 Å². The van der Waals surface area contributed by atoms with Crippen LogP contribution in [0.3, 0.4) is 0 Å². The van der Waals surface area contributed by atoms with Gasteiger partial charge in [-0.3, -0.25) is 5.73 Å². The largest absolute Gasteiger partial charge is 0.317 e. The molecule has 0 amide bonds. The average molecular weight is 152 g/mol. The molecule has 0 aliphatic rings. The highest BCUT2D eigenvalue weighted by Crippen LogP contribution is 2.13. The summed E-state index contributed by atoms with van der Waals surface area (Å²) < 4.78 is 23.9. The molecule has 1 atom stereocenters. The van der Waals surface area contributed by atoms with Gasteiger partial charge in [-0.15, -0.1) is 0 Å². The van der Waals surface area contributed by atoms with Gasteiger partial charge in [0.05, 0.1) is 0 Å². The van der Waals surface area contributed by atoms with Crippen molar-refractivity contribution in [3.63, 3.8) is 0 Å². The Balaban J connectivity index is 3.36. The van der Waals surface area contributed by atoms with Gasteiger partial charge in [-0.1, -0.05) is 0 Å². The second-order valence-corrected chi connectivity index (χ2v) is 2.49. The van der Waals surface area contributed by atoms with Gasteiger partial charge in [0.15, 0.2) is 0 Å². The summed E-state index contributed by atoms with van der Waals surface area (Å²) in [4.78, 5) is 0. The Kier molecular flexibility index (Phi) is 3.75. The van der Waals surface area contributed by atoms with Crippen LogP contribution in [0.5, 0.6) is 0 Å². The highest BCUT2D eigenvalue weighted by molar-refractivity contribution is 4.63. The Bertz CT molecular complexity index is 90.2. The molecule has 0 aliphatic heterocycles. The summed E-state index contributed by atoms with van der Waals surface area (Å²) in [6.07, 6.45) is 0.148. The topological polar surface area (TPSA) is 38.0 Å². The zero-order valence-corrected chi connectivity index (χ0v) is 6.32. The number of hydrogen-bond donors (Lipinski definition) is 2. The smallest absolute Gasteiger partial charge is 0.300 e. The standard InChI is InChI=1S/C6H14F2N2/c1-5(10-2)3-4-6(7,8)9/h5,10H,3-4,9H2,1-2H3/t5-/m1/s1. The molecule has 0 spiro atoms. The van der Waals surface area contributed by atoms with Crippen LogP contribution in [-0.2, 0) is 0 Å². The molecule has 10 heavy (non-hydrogen) atoms. The van der Waals surface area contributed by atoms with Crippen LogP contribution in [0.2, 0.25) is 0 Å². The molecule has 3 N–H and O–H groups in total. The van der Waals surface area contributed by atoms with E-state index in [1.807, 2.05) is 6.92 Å². The highest BCUT2D eigenvalue weighted by Gasteiger charge is 2.21. The van der Waals surface area contributed by atoms with Crippen molar-refractivity contribution in [3.05, 3.63) is 0 Å². The van der Waals surface area contributed by atoms with Gasteiger partial charge >= 0.3 is 0 Å². The second-order valence-electron chi connectivity index (χ2n) is 2.49. The quantitative estimate of drug-likeness (QED) is 0.588. The first-order valence-electron chi connectivity index (χ1n) is 3.29. The molecule has 0 rings (SSSR count). The van der Waals surface area contributed by atoms with E-state index in [2.05, 4.69) is 11.1 Å². The van der Waals surface area contributed by atoms with Crippen LogP contribution in [0, 0.1) is 0 Å². The minimum absolute atomic E-state index is 0.106. The average Bonchev–Trinajstić information content (AvgIpc) is 1.81. The third kappa shape index (κ3) is 5.91. The summed E-state index contributed by atoms with van der Waals surface area (Å²) in [6.45, 7) is 1.84. The lowest BCUT2D eigenvalue weighted by atomic mass is 10.2. The zero-order chi connectivity index (χ0) is 8.20. The van der Waals surface area contributed by atoms with Gasteiger partial charge in [-0.25, -0.2) is 0 Å². The third-order valence-corrected chi connectivity index (χ3v) is 1.40. The Hall–Kier alpha value is -0.220. The van der Waals surface area contributed by atoms with E-state index in [1.165, 1.54) is 0 Å². The lowest BCUT2D eigenvalue weighted by molar-refractivity contribution is -0.00449. The minimum Gasteiger partial charge on any atom is -0.317 e. The lowest BCUT2D eigenvalue weighted by Gasteiger charge is -2.13. The van der Waals surface area contributed by atoms with Crippen LogP contribution in [-0.4, -0.2) is 19.1 Å². The second kappa shape index (κ2) is 3.83. The number of nitrogens with one attached hydrogen (secondary N) is 1. The van der Waals surface area contributed by atoms with Gasteiger partial charge in [0, 0.05) is 12.5 Å². The molecule has 0 radical (unpaired) electrons. The predicted molar refractivity (Wildman–Crippen MR) is 36.9 cm³/mol. The van der Waals surface area contributed by atoms with Crippen molar-refractivity contribution in [2.45, 2.75) is 31.9 Å². The van der Waals surface area contributed by atoms with Crippen LogP contribution in [0.1, 0.15) is 19.8 Å². The summed E-state index contributed by atoms with van der Waals surface area (Å²) in [5, 5.41) is 2.85. The Morgan fingerprint density at radius 2 is 2.10 bits per heavy atom. The van der Waals surface area contributed by atoms with Crippen molar-refractivity contribution in [1.82, 2.24) is 5.32 Å². The summed E-state index contributed by atoms with van der Waals surface area (Å²) in [5.41, 5.74) is 4.48. The van der Waals surface area contributed by atoms with E-state index in [4.69, 9.17) is 0 Å². The number of nitrogens with two attached hydrogens (primary N) is 1. The van der Waals surface area contributed by atoms with E-state index in [0.717, 1.165) is 0 Å². The Morgan fingerprint density at radius 1 is 1.60 bits per heavy atom. The van der Waals surface area contributed by atoms with Crippen LogP contribution < -0.4 is 11.1 Å². The van der Waals surface area contributed by atoms with Crippen molar-refractivity contribution < 1.29 is 8.78 Å². The van der Waals surface area contributed by atoms with Crippen molar-refractivity contribution in [1.29, 1.82) is 0 Å². The molecule has 0 aromatic carbocycles. The monoisotopic (exact) mass is 152 g/mol. The van der Waals surface area contributed by atoms with E-state index in [9.17, 15) is 8.78 Å². The minimum atomic E-state index is -3.01. The molecule has 0 saturated carbocycles. The first kappa shape index (κ1) is 9.78. The summed E-state index contributed by atoms with van der Waals surface area (Å²) >= 11 is 0. The molecule has 0 unspecified atom stereocenters. The summed E-state index contributed by atoms with van der Waals surface area (Å²) in [5.74, 6) is 0. The fraction of sp³-hybridized carbons (Fsp3) is 1.00. The van der Waals surface area contributed by atoms with Crippen molar-refractivity contribution in [2.24, 2.45) is 5.73 Å². The third-order valence-electron chi connectivity index (χ3n) is 1.40. The van der Waals surface area contributed by atoms with E-state index < -0.39 is 6.05 Å². The first-order valence-corrected chi connectivity index (χ1v) is 3.29. The van der Waals surface area contributed by atoms with Gasteiger partial charge in [0.25, 0.3) is 6.05 Å².